The van der Waals surface area contributed by atoms with Crippen molar-refractivity contribution in [3.05, 3.63) is 0 Å². The van der Waals surface area contributed by atoms with Crippen molar-refractivity contribution in [1.82, 2.24) is 0 Å². The topological polar surface area (TPSA) is 113 Å². The molecule has 0 fully saturated rings. The minimum Gasteiger partial charge on any atom is -0.870 e. The standard InChI is InChI=1S/C14H30N2O4.2H2O/c1-15(2,3)9-11-19-13(17)7-8-14(18)20-12-10-16(4,5)6;;/h7-12H2,1-6H3;2*1H2/q+2;;/p-2. The molecule has 0 saturated carbocycles. The van der Waals surface area contributed by atoms with Crippen LogP contribution in [0.4, 0.5) is 0 Å². The second-order valence-electron chi connectivity index (χ2n) is 6.97. The Morgan fingerprint density at radius 3 is 1.18 bits per heavy atom. The van der Waals surface area contributed by atoms with Gasteiger partial charge in [0.05, 0.1) is 55.1 Å². The lowest BCUT2D eigenvalue weighted by molar-refractivity contribution is -0.870. The van der Waals surface area contributed by atoms with Crippen molar-refractivity contribution in [3.63, 3.8) is 0 Å². The van der Waals surface area contributed by atoms with Gasteiger partial charge < -0.3 is 29.4 Å². The van der Waals surface area contributed by atoms with Crippen LogP contribution in [-0.4, -0.2) is 100 Å². The molecule has 0 rings (SSSR count). The number of carbonyl (C=O) groups excluding carboxylic acids is 2. The van der Waals surface area contributed by atoms with Gasteiger partial charge in [-0.05, 0) is 0 Å². The highest BCUT2D eigenvalue weighted by molar-refractivity contribution is 5.77. The maximum absolute atomic E-state index is 11.4. The van der Waals surface area contributed by atoms with Crippen LogP contribution < -0.4 is 0 Å². The monoisotopic (exact) mass is 324 g/mol. The van der Waals surface area contributed by atoms with Crippen molar-refractivity contribution in [1.29, 1.82) is 0 Å². The van der Waals surface area contributed by atoms with E-state index < -0.39 is 0 Å². The number of esters is 2. The summed E-state index contributed by atoms with van der Waals surface area (Å²) >= 11 is 0. The SMILES string of the molecule is C[N+](C)(C)CCOC(=O)CCC(=O)OCC[N+](C)(C)C.[OH-].[OH-]. The first kappa shape index (κ1) is 25.7. The number of likely N-dealkylation sites (N-methyl/N-ethyl adjacent to an activating group) is 2. The van der Waals surface area contributed by atoms with Crippen molar-refractivity contribution in [2.24, 2.45) is 0 Å². The summed E-state index contributed by atoms with van der Waals surface area (Å²) in [6.45, 7) is 2.25. The lowest BCUT2D eigenvalue weighted by Gasteiger charge is -2.23. The Balaban J connectivity index is -0.00000180. The summed E-state index contributed by atoms with van der Waals surface area (Å²) in [6.07, 6.45) is 0.167. The highest BCUT2D eigenvalue weighted by Gasteiger charge is 2.13. The molecule has 0 unspecified atom stereocenters. The van der Waals surface area contributed by atoms with Gasteiger partial charge in [0.15, 0.2) is 0 Å². The van der Waals surface area contributed by atoms with Crippen molar-refractivity contribution in [3.8, 4) is 0 Å². The highest BCUT2D eigenvalue weighted by Crippen LogP contribution is 1.98. The average molecular weight is 324 g/mol. The Hall–Kier alpha value is -1.22. The van der Waals surface area contributed by atoms with Crippen molar-refractivity contribution >= 4 is 11.9 Å². The zero-order valence-electron chi connectivity index (χ0n) is 14.7. The highest BCUT2D eigenvalue weighted by atomic mass is 16.5. The molecule has 8 nitrogen and oxygen atoms in total. The number of carbonyl (C=O) groups is 2. The molecule has 0 heterocycles. The van der Waals surface area contributed by atoms with E-state index >= 15 is 0 Å². The fraction of sp³-hybridized carbons (Fsp3) is 0.857. The van der Waals surface area contributed by atoms with Gasteiger partial charge in [-0.3, -0.25) is 9.59 Å². The van der Waals surface area contributed by atoms with Gasteiger partial charge in [-0.25, -0.2) is 0 Å². The molecule has 0 aliphatic heterocycles. The third kappa shape index (κ3) is 18.8. The van der Waals surface area contributed by atoms with E-state index in [-0.39, 0.29) is 35.7 Å². The molecule has 8 heteroatoms. The van der Waals surface area contributed by atoms with Gasteiger partial charge >= 0.3 is 11.9 Å². The molecule has 0 aromatic heterocycles. The van der Waals surface area contributed by atoms with Crippen molar-refractivity contribution < 1.29 is 39.0 Å². The first-order chi connectivity index (χ1) is 8.99. The van der Waals surface area contributed by atoms with Crippen molar-refractivity contribution in [2.45, 2.75) is 12.8 Å². The van der Waals surface area contributed by atoms with E-state index in [0.29, 0.717) is 13.2 Å². The normalized spacial score (nSPS) is 11.0. The largest absolute Gasteiger partial charge is 0.870 e. The summed E-state index contributed by atoms with van der Waals surface area (Å²) in [6, 6.07) is 0. The Bertz CT molecular complexity index is 288. The number of hydrogen-bond acceptors (Lipinski definition) is 6. The second kappa shape index (κ2) is 11.4. The molecular formula is C14H32N2O6. The number of rotatable bonds is 9. The second-order valence-corrected chi connectivity index (χ2v) is 6.97. The Morgan fingerprint density at radius 1 is 0.682 bits per heavy atom. The maximum Gasteiger partial charge on any atom is 0.306 e. The van der Waals surface area contributed by atoms with Crippen LogP contribution in [0.3, 0.4) is 0 Å². The van der Waals surface area contributed by atoms with E-state index in [1.54, 1.807) is 0 Å². The van der Waals surface area contributed by atoms with Gasteiger partial charge in [-0.15, -0.1) is 0 Å². The first-order valence-electron chi connectivity index (χ1n) is 6.92. The summed E-state index contributed by atoms with van der Waals surface area (Å²) in [4.78, 5) is 22.9. The molecule has 22 heavy (non-hydrogen) atoms. The van der Waals surface area contributed by atoms with E-state index in [4.69, 9.17) is 9.47 Å². The quantitative estimate of drug-likeness (QED) is 0.433. The Labute approximate surface area is 133 Å². The van der Waals surface area contributed by atoms with Gasteiger partial charge in [0.25, 0.3) is 0 Å². The zero-order valence-corrected chi connectivity index (χ0v) is 14.7. The third-order valence-electron chi connectivity index (χ3n) is 2.58. The number of nitrogens with zero attached hydrogens (tertiary/aromatic N) is 2. The van der Waals surface area contributed by atoms with Crippen LogP contribution in [0.25, 0.3) is 0 Å². The molecule has 0 saturated heterocycles. The van der Waals surface area contributed by atoms with Gasteiger partial charge in [0, 0.05) is 0 Å². The maximum atomic E-state index is 11.4. The molecule has 0 amide bonds. The van der Waals surface area contributed by atoms with E-state index in [1.165, 1.54) is 0 Å². The molecule has 0 spiro atoms. The summed E-state index contributed by atoms with van der Waals surface area (Å²) in [5.74, 6) is -0.691. The lowest BCUT2D eigenvalue weighted by Crippen LogP contribution is -2.38. The van der Waals surface area contributed by atoms with Crippen LogP contribution in [0.15, 0.2) is 0 Å². The predicted octanol–water partition coefficient (Wildman–Crippen LogP) is -0.0882. The van der Waals surface area contributed by atoms with E-state index in [0.717, 1.165) is 22.1 Å². The lowest BCUT2D eigenvalue weighted by atomic mass is 10.3. The minimum atomic E-state index is -0.345. The number of ether oxygens (including phenoxy) is 2. The molecule has 0 bridgehead atoms. The fourth-order valence-corrected chi connectivity index (χ4v) is 1.22. The smallest absolute Gasteiger partial charge is 0.306 e. The van der Waals surface area contributed by atoms with Crippen LogP contribution in [0.2, 0.25) is 0 Å². The predicted molar refractivity (Wildman–Crippen MR) is 80.8 cm³/mol. The minimum absolute atomic E-state index is 0. The molecule has 0 aliphatic carbocycles. The van der Waals surface area contributed by atoms with Crippen LogP contribution in [0, 0.1) is 0 Å². The number of hydrogen-bond donors (Lipinski definition) is 0. The molecule has 0 atom stereocenters. The van der Waals surface area contributed by atoms with E-state index in [9.17, 15) is 9.59 Å². The molecule has 0 radical (unpaired) electrons. The molecule has 0 aromatic carbocycles. The summed E-state index contributed by atoms with van der Waals surface area (Å²) in [5.41, 5.74) is 0. The van der Waals surface area contributed by atoms with Crippen LogP contribution in [0.5, 0.6) is 0 Å². The van der Waals surface area contributed by atoms with Gasteiger partial charge in [0.1, 0.15) is 26.3 Å². The molecular weight excluding hydrogens is 292 g/mol. The molecule has 0 aromatic rings. The summed E-state index contributed by atoms with van der Waals surface area (Å²) in [5, 5.41) is 0. The van der Waals surface area contributed by atoms with Gasteiger partial charge in [-0.1, -0.05) is 0 Å². The average Bonchev–Trinajstić information content (AvgIpc) is 2.22. The van der Waals surface area contributed by atoms with Crippen molar-refractivity contribution in [2.75, 3.05) is 68.6 Å². The molecule has 0 aliphatic rings. The van der Waals surface area contributed by atoms with Crippen LogP contribution in [0.1, 0.15) is 12.8 Å². The van der Waals surface area contributed by atoms with Crippen LogP contribution in [-0.2, 0) is 19.1 Å². The molecule has 134 valence electrons. The van der Waals surface area contributed by atoms with Gasteiger partial charge in [0.2, 0.25) is 0 Å². The first-order valence-corrected chi connectivity index (χ1v) is 6.92. The number of quaternary nitrogens is 2. The Morgan fingerprint density at radius 2 is 0.955 bits per heavy atom. The fourth-order valence-electron chi connectivity index (χ4n) is 1.22. The Kier molecular flexibility index (Phi) is 13.3. The third-order valence-corrected chi connectivity index (χ3v) is 2.58. The summed E-state index contributed by atoms with van der Waals surface area (Å²) < 4.78 is 11.6. The van der Waals surface area contributed by atoms with E-state index in [2.05, 4.69) is 0 Å². The molecule has 2 N–H and O–H groups in total. The zero-order chi connectivity index (χ0) is 15.8. The van der Waals surface area contributed by atoms with Gasteiger partial charge in [-0.2, -0.15) is 0 Å². The van der Waals surface area contributed by atoms with Crippen LogP contribution >= 0.6 is 0 Å². The van der Waals surface area contributed by atoms with E-state index in [1.807, 2.05) is 42.3 Å². The summed E-state index contributed by atoms with van der Waals surface area (Å²) in [7, 11) is 12.2.